The molecule has 0 saturated carbocycles. The Morgan fingerprint density at radius 2 is 1.90 bits per heavy atom. The van der Waals surface area contributed by atoms with E-state index in [4.69, 9.17) is 11.6 Å². The molecule has 1 amide bonds. The third-order valence-corrected chi connectivity index (χ3v) is 3.32. The highest BCUT2D eigenvalue weighted by atomic mass is 35.5. The number of nitrogens with one attached hydrogen (secondary N) is 2. The van der Waals surface area contributed by atoms with E-state index < -0.39 is 0 Å². The van der Waals surface area contributed by atoms with Gasteiger partial charge in [-0.2, -0.15) is 0 Å². The minimum absolute atomic E-state index is 0.125. The molecule has 0 heterocycles. The van der Waals surface area contributed by atoms with Gasteiger partial charge in [-0.05, 0) is 30.2 Å². The van der Waals surface area contributed by atoms with Crippen LogP contribution in [0.25, 0.3) is 0 Å². The Balaban J connectivity index is 2.08. The number of carbonyl (C=O) groups excluding carboxylic acids is 1. The molecular weight excluding hydrogens is 284 g/mol. The second-order valence-electron chi connectivity index (χ2n) is 4.78. The number of hydrogen-bond acceptors (Lipinski definition) is 2. The van der Waals surface area contributed by atoms with E-state index in [1.807, 2.05) is 36.4 Å². The molecule has 110 valence electrons. The molecule has 2 aromatic rings. The summed E-state index contributed by atoms with van der Waals surface area (Å²) in [7, 11) is 0. The molecule has 2 N–H and O–H groups in total. The van der Waals surface area contributed by atoms with Crippen molar-refractivity contribution in [1.29, 1.82) is 0 Å². The zero-order valence-electron chi connectivity index (χ0n) is 12.0. The summed E-state index contributed by atoms with van der Waals surface area (Å²) in [5.74, 6) is -0.125. The van der Waals surface area contributed by atoms with Crippen LogP contribution in [-0.2, 0) is 6.54 Å². The molecule has 0 radical (unpaired) electrons. The number of hydrogen-bond donors (Lipinski definition) is 2. The lowest BCUT2D eigenvalue weighted by Crippen LogP contribution is -2.24. The third-order valence-electron chi connectivity index (χ3n) is 3.09. The van der Waals surface area contributed by atoms with Crippen molar-refractivity contribution in [3.8, 4) is 0 Å². The van der Waals surface area contributed by atoms with Gasteiger partial charge in [-0.15, -0.1) is 0 Å². The van der Waals surface area contributed by atoms with Crippen LogP contribution in [0.3, 0.4) is 0 Å². The van der Waals surface area contributed by atoms with Crippen molar-refractivity contribution in [2.24, 2.45) is 0 Å². The van der Waals surface area contributed by atoms with Crippen molar-refractivity contribution in [1.82, 2.24) is 5.32 Å². The van der Waals surface area contributed by atoms with Gasteiger partial charge in [0.15, 0.2) is 0 Å². The second kappa shape index (κ2) is 7.70. The van der Waals surface area contributed by atoms with Crippen LogP contribution in [0.5, 0.6) is 0 Å². The van der Waals surface area contributed by atoms with E-state index in [-0.39, 0.29) is 5.91 Å². The van der Waals surface area contributed by atoms with Gasteiger partial charge < -0.3 is 10.6 Å². The maximum absolute atomic E-state index is 12.3. The summed E-state index contributed by atoms with van der Waals surface area (Å²) >= 11 is 6.00. The van der Waals surface area contributed by atoms with Crippen LogP contribution in [0.1, 0.15) is 29.3 Å². The minimum Gasteiger partial charge on any atom is -0.384 e. The Morgan fingerprint density at radius 1 is 1.14 bits per heavy atom. The van der Waals surface area contributed by atoms with Crippen molar-refractivity contribution in [3.63, 3.8) is 0 Å². The minimum atomic E-state index is -0.125. The zero-order chi connectivity index (χ0) is 15.1. The maximum Gasteiger partial charge on any atom is 0.253 e. The quantitative estimate of drug-likeness (QED) is 0.844. The normalized spacial score (nSPS) is 10.2. The fourth-order valence-electron chi connectivity index (χ4n) is 1.99. The van der Waals surface area contributed by atoms with Crippen LogP contribution >= 0.6 is 11.6 Å². The Hall–Kier alpha value is -2.00. The molecule has 0 aliphatic carbocycles. The van der Waals surface area contributed by atoms with E-state index in [1.165, 1.54) is 0 Å². The zero-order valence-corrected chi connectivity index (χ0v) is 12.8. The Kier molecular flexibility index (Phi) is 5.64. The van der Waals surface area contributed by atoms with E-state index in [9.17, 15) is 4.79 Å². The number of rotatable bonds is 6. The first-order chi connectivity index (χ1) is 10.2. The fourth-order valence-corrected chi connectivity index (χ4v) is 2.16. The van der Waals surface area contributed by atoms with E-state index in [2.05, 4.69) is 17.6 Å². The third kappa shape index (κ3) is 4.50. The van der Waals surface area contributed by atoms with Crippen LogP contribution in [0, 0.1) is 0 Å². The molecule has 2 aromatic carbocycles. The molecule has 4 heteroatoms. The first kappa shape index (κ1) is 15.4. The molecule has 0 unspecified atom stereocenters. The van der Waals surface area contributed by atoms with Gasteiger partial charge in [0.1, 0.15) is 0 Å². The van der Waals surface area contributed by atoms with Gasteiger partial charge in [-0.25, -0.2) is 0 Å². The van der Waals surface area contributed by atoms with Crippen LogP contribution in [-0.4, -0.2) is 12.5 Å². The molecule has 0 atom stereocenters. The average Bonchev–Trinajstić information content (AvgIpc) is 2.52. The Morgan fingerprint density at radius 3 is 2.62 bits per heavy atom. The predicted molar refractivity (Wildman–Crippen MR) is 87.8 cm³/mol. The summed E-state index contributed by atoms with van der Waals surface area (Å²) < 4.78 is 0. The maximum atomic E-state index is 12.3. The van der Waals surface area contributed by atoms with Gasteiger partial charge in [-0.1, -0.05) is 48.9 Å². The molecule has 0 aliphatic heterocycles. The van der Waals surface area contributed by atoms with E-state index in [1.54, 1.807) is 12.1 Å². The molecule has 3 nitrogen and oxygen atoms in total. The lowest BCUT2D eigenvalue weighted by atomic mass is 10.1. The molecule has 0 aliphatic rings. The molecule has 2 rings (SSSR count). The van der Waals surface area contributed by atoms with Crippen molar-refractivity contribution in [2.45, 2.75) is 19.9 Å². The summed E-state index contributed by atoms with van der Waals surface area (Å²) in [6.45, 7) is 3.40. The second-order valence-corrected chi connectivity index (χ2v) is 5.22. The largest absolute Gasteiger partial charge is 0.384 e. The van der Waals surface area contributed by atoms with Gasteiger partial charge in [0, 0.05) is 23.8 Å². The lowest BCUT2D eigenvalue weighted by molar-refractivity contribution is 0.0951. The molecule has 0 aromatic heterocycles. The van der Waals surface area contributed by atoms with Gasteiger partial charge in [-0.3, -0.25) is 4.79 Å². The standard InChI is InChI=1S/C17H19ClN2O/c1-2-10-19-16-9-8-14(18)11-15(16)17(21)20-12-13-6-4-3-5-7-13/h3-9,11,19H,2,10,12H2,1H3,(H,20,21). The fraction of sp³-hybridized carbons (Fsp3) is 0.235. The molecular formula is C17H19ClN2O. The highest BCUT2D eigenvalue weighted by Crippen LogP contribution is 2.21. The molecule has 21 heavy (non-hydrogen) atoms. The van der Waals surface area contributed by atoms with E-state index >= 15 is 0 Å². The van der Waals surface area contributed by atoms with Crippen molar-refractivity contribution >= 4 is 23.2 Å². The predicted octanol–water partition coefficient (Wildman–Crippen LogP) is 4.09. The first-order valence-corrected chi connectivity index (χ1v) is 7.44. The van der Waals surface area contributed by atoms with E-state index in [0.717, 1.165) is 24.2 Å². The highest BCUT2D eigenvalue weighted by Gasteiger charge is 2.11. The lowest BCUT2D eigenvalue weighted by Gasteiger charge is -2.12. The van der Waals surface area contributed by atoms with Crippen LogP contribution < -0.4 is 10.6 Å². The molecule has 0 fully saturated rings. The van der Waals surface area contributed by atoms with Gasteiger partial charge >= 0.3 is 0 Å². The number of benzene rings is 2. The number of halogens is 1. The molecule has 0 saturated heterocycles. The number of amides is 1. The summed E-state index contributed by atoms with van der Waals surface area (Å²) in [5.41, 5.74) is 2.45. The molecule has 0 spiro atoms. The molecule has 0 bridgehead atoms. The summed E-state index contributed by atoms with van der Waals surface area (Å²) in [4.78, 5) is 12.3. The Bertz CT molecular complexity index is 599. The summed E-state index contributed by atoms with van der Waals surface area (Å²) in [5, 5.41) is 6.73. The summed E-state index contributed by atoms with van der Waals surface area (Å²) in [6, 6.07) is 15.1. The Labute approximate surface area is 130 Å². The van der Waals surface area contributed by atoms with Crippen molar-refractivity contribution < 1.29 is 4.79 Å². The van der Waals surface area contributed by atoms with Gasteiger partial charge in [0.2, 0.25) is 0 Å². The smallest absolute Gasteiger partial charge is 0.253 e. The van der Waals surface area contributed by atoms with Gasteiger partial charge in [0.25, 0.3) is 5.91 Å². The van der Waals surface area contributed by atoms with Crippen LogP contribution in [0.2, 0.25) is 5.02 Å². The monoisotopic (exact) mass is 302 g/mol. The average molecular weight is 303 g/mol. The topological polar surface area (TPSA) is 41.1 Å². The highest BCUT2D eigenvalue weighted by molar-refractivity contribution is 6.31. The van der Waals surface area contributed by atoms with Crippen LogP contribution in [0.4, 0.5) is 5.69 Å². The number of carbonyl (C=O) groups is 1. The van der Waals surface area contributed by atoms with Crippen LogP contribution in [0.15, 0.2) is 48.5 Å². The van der Waals surface area contributed by atoms with Gasteiger partial charge in [0.05, 0.1) is 5.56 Å². The summed E-state index contributed by atoms with van der Waals surface area (Å²) in [6.07, 6.45) is 0.994. The van der Waals surface area contributed by atoms with Crippen molar-refractivity contribution in [2.75, 3.05) is 11.9 Å². The number of anilines is 1. The SMILES string of the molecule is CCCNc1ccc(Cl)cc1C(=O)NCc1ccccc1. The van der Waals surface area contributed by atoms with E-state index in [0.29, 0.717) is 17.1 Å². The van der Waals surface area contributed by atoms with Crippen molar-refractivity contribution in [3.05, 3.63) is 64.7 Å². The first-order valence-electron chi connectivity index (χ1n) is 7.06.